The molecule has 0 unspecified atom stereocenters. The van der Waals surface area contributed by atoms with Crippen LogP contribution >= 0.6 is 0 Å². The molecule has 0 atom stereocenters. The molecule has 1 saturated carbocycles. The molecule has 21 heavy (non-hydrogen) atoms. The van der Waals surface area contributed by atoms with E-state index in [1.807, 2.05) is 0 Å². The summed E-state index contributed by atoms with van der Waals surface area (Å²) in [5, 5.41) is 0. The van der Waals surface area contributed by atoms with E-state index < -0.39 is 0 Å². The number of aldehydes is 1. The van der Waals surface area contributed by atoms with Crippen LogP contribution < -0.4 is 0 Å². The molecule has 2 aliphatic rings. The van der Waals surface area contributed by atoms with Crippen LogP contribution in [0.2, 0.25) is 0 Å². The number of nitrogens with zero attached hydrogens (tertiary/aromatic N) is 2. The minimum absolute atomic E-state index is 0.205. The summed E-state index contributed by atoms with van der Waals surface area (Å²) in [4.78, 5) is 27.9. The van der Waals surface area contributed by atoms with Gasteiger partial charge in [0.25, 0.3) is 0 Å². The van der Waals surface area contributed by atoms with Gasteiger partial charge in [-0.1, -0.05) is 19.3 Å². The monoisotopic (exact) mass is 294 g/mol. The molecule has 4 nitrogen and oxygen atoms in total. The quantitative estimate of drug-likeness (QED) is 0.731. The number of hydrogen-bond donors (Lipinski definition) is 0. The van der Waals surface area contributed by atoms with Crippen molar-refractivity contribution in [3.63, 3.8) is 0 Å². The molecule has 0 spiro atoms. The molecular formula is C17H30N2O2. The third-order valence-corrected chi connectivity index (χ3v) is 5.00. The highest BCUT2D eigenvalue weighted by Gasteiger charge is 2.29. The van der Waals surface area contributed by atoms with E-state index in [1.54, 1.807) is 0 Å². The van der Waals surface area contributed by atoms with Crippen LogP contribution in [0.15, 0.2) is 0 Å². The molecular weight excluding hydrogens is 264 g/mol. The third-order valence-electron chi connectivity index (χ3n) is 5.00. The van der Waals surface area contributed by atoms with Crippen molar-refractivity contribution in [3.05, 3.63) is 0 Å². The fraction of sp³-hybridized carbons (Fsp3) is 0.882. The normalized spacial score (nSPS) is 22.4. The number of amides is 1. The van der Waals surface area contributed by atoms with Crippen LogP contribution in [0.4, 0.5) is 0 Å². The average Bonchev–Trinajstić information content (AvgIpc) is 2.49. The Hall–Kier alpha value is -0.900. The van der Waals surface area contributed by atoms with Gasteiger partial charge in [-0.05, 0) is 52.6 Å². The standard InChI is InChI=1S/C17H30N2O2/c1-14(2)19(16-6-4-3-5-7-16)17(21)12-18-10-8-15(13-20)9-11-18/h13-16H,3-12H2,1-2H3. The maximum atomic E-state index is 12.7. The van der Waals surface area contributed by atoms with Gasteiger partial charge in [0.1, 0.15) is 6.29 Å². The van der Waals surface area contributed by atoms with Crippen molar-refractivity contribution in [1.82, 2.24) is 9.80 Å². The van der Waals surface area contributed by atoms with Crippen molar-refractivity contribution >= 4 is 12.2 Å². The lowest BCUT2D eigenvalue weighted by molar-refractivity contribution is -0.137. The molecule has 1 saturated heterocycles. The Labute approximate surface area is 128 Å². The highest BCUT2D eigenvalue weighted by Crippen LogP contribution is 2.25. The molecule has 0 bridgehead atoms. The molecule has 2 fully saturated rings. The van der Waals surface area contributed by atoms with Gasteiger partial charge in [-0.15, -0.1) is 0 Å². The fourth-order valence-corrected chi connectivity index (χ4v) is 3.79. The smallest absolute Gasteiger partial charge is 0.237 e. The predicted octanol–water partition coefficient (Wildman–Crippen LogP) is 2.47. The minimum atomic E-state index is 0.205. The maximum Gasteiger partial charge on any atom is 0.237 e. The first-order valence-corrected chi connectivity index (χ1v) is 8.60. The lowest BCUT2D eigenvalue weighted by atomic mass is 9.93. The van der Waals surface area contributed by atoms with Crippen LogP contribution in [-0.2, 0) is 9.59 Å². The van der Waals surface area contributed by atoms with E-state index in [0.717, 1.165) is 45.1 Å². The van der Waals surface area contributed by atoms with E-state index in [4.69, 9.17) is 0 Å². The van der Waals surface area contributed by atoms with Crippen molar-refractivity contribution in [2.45, 2.75) is 70.9 Å². The predicted molar refractivity (Wildman–Crippen MR) is 84.1 cm³/mol. The second-order valence-electron chi connectivity index (χ2n) is 6.94. The molecule has 2 rings (SSSR count). The molecule has 0 aromatic heterocycles. The van der Waals surface area contributed by atoms with Crippen LogP contribution in [-0.4, -0.2) is 53.7 Å². The fourth-order valence-electron chi connectivity index (χ4n) is 3.79. The van der Waals surface area contributed by atoms with E-state index in [-0.39, 0.29) is 17.9 Å². The third kappa shape index (κ3) is 4.53. The topological polar surface area (TPSA) is 40.6 Å². The summed E-state index contributed by atoms with van der Waals surface area (Å²) in [6.45, 7) is 6.55. The van der Waals surface area contributed by atoms with Gasteiger partial charge in [0, 0.05) is 18.0 Å². The van der Waals surface area contributed by atoms with Crippen LogP contribution in [0.25, 0.3) is 0 Å². The first-order valence-electron chi connectivity index (χ1n) is 8.60. The lowest BCUT2D eigenvalue weighted by Crippen LogP contribution is -2.50. The zero-order chi connectivity index (χ0) is 15.2. The Balaban J connectivity index is 1.88. The largest absolute Gasteiger partial charge is 0.336 e. The van der Waals surface area contributed by atoms with E-state index in [0.29, 0.717) is 12.6 Å². The Morgan fingerprint density at radius 3 is 2.29 bits per heavy atom. The molecule has 1 aliphatic heterocycles. The molecule has 120 valence electrons. The summed E-state index contributed by atoms with van der Waals surface area (Å²) < 4.78 is 0. The Bertz CT molecular complexity index is 343. The van der Waals surface area contributed by atoms with Gasteiger partial charge >= 0.3 is 0 Å². The summed E-state index contributed by atoms with van der Waals surface area (Å²) in [7, 11) is 0. The van der Waals surface area contributed by atoms with Gasteiger partial charge in [-0.2, -0.15) is 0 Å². The van der Waals surface area contributed by atoms with Crippen molar-refractivity contribution in [2.75, 3.05) is 19.6 Å². The first kappa shape index (κ1) is 16.5. The Morgan fingerprint density at radius 1 is 1.14 bits per heavy atom. The number of piperidine rings is 1. The summed E-state index contributed by atoms with van der Waals surface area (Å²) in [6.07, 6.45) is 9.04. The van der Waals surface area contributed by atoms with E-state index in [1.165, 1.54) is 19.3 Å². The molecule has 0 radical (unpaired) electrons. The van der Waals surface area contributed by atoms with Crippen molar-refractivity contribution < 1.29 is 9.59 Å². The van der Waals surface area contributed by atoms with Crippen molar-refractivity contribution in [1.29, 1.82) is 0 Å². The van der Waals surface area contributed by atoms with Crippen LogP contribution in [0.1, 0.15) is 58.8 Å². The number of rotatable bonds is 5. The van der Waals surface area contributed by atoms with Gasteiger partial charge in [0.05, 0.1) is 6.54 Å². The molecule has 1 heterocycles. The van der Waals surface area contributed by atoms with Gasteiger partial charge in [-0.3, -0.25) is 9.69 Å². The van der Waals surface area contributed by atoms with Gasteiger partial charge < -0.3 is 9.69 Å². The number of carbonyl (C=O) groups is 2. The highest BCUT2D eigenvalue weighted by molar-refractivity contribution is 5.79. The van der Waals surface area contributed by atoms with E-state index in [9.17, 15) is 9.59 Å². The molecule has 0 aromatic rings. The molecule has 1 amide bonds. The SMILES string of the molecule is CC(C)N(C(=O)CN1CCC(C=O)CC1)C1CCCCC1. The van der Waals surface area contributed by atoms with E-state index >= 15 is 0 Å². The number of carbonyl (C=O) groups excluding carboxylic acids is 2. The second-order valence-corrected chi connectivity index (χ2v) is 6.94. The summed E-state index contributed by atoms with van der Waals surface area (Å²) >= 11 is 0. The number of likely N-dealkylation sites (tertiary alicyclic amines) is 1. The zero-order valence-electron chi connectivity index (χ0n) is 13.6. The Morgan fingerprint density at radius 2 is 1.76 bits per heavy atom. The van der Waals surface area contributed by atoms with Gasteiger partial charge in [0.2, 0.25) is 5.91 Å². The maximum absolute atomic E-state index is 12.7. The molecule has 4 heteroatoms. The summed E-state index contributed by atoms with van der Waals surface area (Å²) in [5.41, 5.74) is 0. The Kier molecular flexibility index (Phi) is 6.22. The highest BCUT2D eigenvalue weighted by atomic mass is 16.2. The van der Waals surface area contributed by atoms with Gasteiger partial charge in [0.15, 0.2) is 0 Å². The van der Waals surface area contributed by atoms with E-state index in [2.05, 4.69) is 23.6 Å². The van der Waals surface area contributed by atoms with Crippen LogP contribution in [0, 0.1) is 5.92 Å². The summed E-state index contributed by atoms with van der Waals surface area (Å²) in [6, 6.07) is 0.729. The lowest BCUT2D eigenvalue weighted by Gasteiger charge is -2.39. The minimum Gasteiger partial charge on any atom is -0.336 e. The molecule has 0 N–H and O–H groups in total. The molecule has 0 aromatic carbocycles. The zero-order valence-corrected chi connectivity index (χ0v) is 13.6. The number of hydrogen-bond acceptors (Lipinski definition) is 3. The molecule has 1 aliphatic carbocycles. The average molecular weight is 294 g/mol. The van der Waals surface area contributed by atoms with Crippen molar-refractivity contribution in [3.8, 4) is 0 Å². The van der Waals surface area contributed by atoms with Crippen LogP contribution in [0.3, 0.4) is 0 Å². The van der Waals surface area contributed by atoms with Crippen LogP contribution in [0.5, 0.6) is 0 Å². The summed E-state index contributed by atoms with van der Waals surface area (Å²) in [5.74, 6) is 0.484. The van der Waals surface area contributed by atoms with Gasteiger partial charge in [-0.25, -0.2) is 0 Å². The first-order chi connectivity index (χ1) is 10.1. The van der Waals surface area contributed by atoms with Crippen molar-refractivity contribution in [2.24, 2.45) is 5.92 Å². The second kappa shape index (κ2) is 7.92.